The van der Waals surface area contributed by atoms with Gasteiger partial charge in [-0.05, 0) is 61.9 Å². The highest BCUT2D eigenvalue weighted by Gasteiger charge is 2.14. The van der Waals surface area contributed by atoms with Crippen molar-refractivity contribution in [1.82, 2.24) is 4.98 Å². The van der Waals surface area contributed by atoms with Crippen molar-refractivity contribution >= 4 is 5.69 Å². The predicted molar refractivity (Wildman–Crippen MR) is 85.9 cm³/mol. The van der Waals surface area contributed by atoms with E-state index in [-0.39, 0.29) is 6.04 Å². The lowest BCUT2D eigenvalue weighted by atomic mass is 10.0. The number of ether oxygens (including phenoxy) is 1. The molecule has 0 radical (unpaired) electrons. The van der Waals surface area contributed by atoms with E-state index < -0.39 is 0 Å². The highest BCUT2D eigenvalue weighted by atomic mass is 16.5. The van der Waals surface area contributed by atoms with Crippen LogP contribution in [0.5, 0.6) is 5.88 Å². The van der Waals surface area contributed by atoms with Crippen LogP contribution in [0.3, 0.4) is 0 Å². The van der Waals surface area contributed by atoms with E-state index in [4.69, 9.17) is 4.74 Å². The molecule has 1 aromatic heterocycles. The van der Waals surface area contributed by atoms with Crippen LogP contribution in [0, 0.1) is 0 Å². The highest BCUT2D eigenvalue weighted by Crippen LogP contribution is 2.29. The molecule has 0 saturated heterocycles. The van der Waals surface area contributed by atoms with Crippen LogP contribution in [0.1, 0.15) is 43.0 Å². The number of aromatic nitrogens is 1. The molecule has 110 valence electrons. The summed E-state index contributed by atoms with van der Waals surface area (Å²) in [4.78, 5) is 4.29. The van der Waals surface area contributed by atoms with Gasteiger partial charge >= 0.3 is 0 Å². The Bertz CT molecular complexity index is 624. The fourth-order valence-corrected chi connectivity index (χ4v) is 2.93. The van der Waals surface area contributed by atoms with Gasteiger partial charge in [0.15, 0.2) is 0 Å². The first-order chi connectivity index (χ1) is 10.3. The number of nitrogens with zero attached hydrogens (tertiary/aromatic N) is 1. The topological polar surface area (TPSA) is 34.1 Å². The van der Waals surface area contributed by atoms with Gasteiger partial charge in [-0.2, -0.15) is 0 Å². The van der Waals surface area contributed by atoms with Crippen LogP contribution in [0.15, 0.2) is 36.5 Å². The summed E-state index contributed by atoms with van der Waals surface area (Å²) in [6.07, 6.45) is 5.50. The van der Waals surface area contributed by atoms with Gasteiger partial charge in [-0.15, -0.1) is 0 Å². The van der Waals surface area contributed by atoms with Crippen molar-refractivity contribution in [3.8, 4) is 5.88 Å². The molecule has 1 aliphatic carbocycles. The Hall–Kier alpha value is -2.03. The lowest BCUT2D eigenvalue weighted by Gasteiger charge is -2.18. The van der Waals surface area contributed by atoms with Crippen LogP contribution in [0.2, 0.25) is 0 Å². The first-order valence-electron chi connectivity index (χ1n) is 7.74. The smallest absolute Gasteiger partial charge is 0.237 e. The first kappa shape index (κ1) is 13.9. The Balaban J connectivity index is 1.78. The summed E-state index contributed by atoms with van der Waals surface area (Å²) in [6, 6.07) is 11.0. The Labute approximate surface area is 126 Å². The summed E-state index contributed by atoms with van der Waals surface area (Å²) >= 11 is 0. The van der Waals surface area contributed by atoms with Gasteiger partial charge in [-0.25, -0.2) is 4.98 Å². The van der Waals surface area contributed by atoms with E-state index >= 15 is 0 Å². The van der Waals surface area contributed by atoms with Crippen molar-refractivity contribution < 1.29 is 4.74 Å². The quantitative estimate of drug-likeness (QED) is 0.895. The third-order valence-corrected chi connectivity index (χ3v) is 4.05. The second-order valence-electron chi connectivity index (χ2n) is 5.54. The monoisotopic (exact) mass is 282 g/mol. The number of fused-ring (bicyclic) bond motifs is 1. The maximum absolute atomic E-state index is 5.57. The molecule has 2 aromatic rings. The zero-order chi connectivity index (χ0) is 14.7. The SMILES string of the molecule is CCOc1ncccc1NC(C)c1ccc2c(c1)CCC2. The molecule has 0 fully saturated rings. The zero-order valence-electron chi connectivity index (χ0n) is 12.7. The van der Waals surface area contributed by atoms with Gasteiger partial charge in [-0.3, -0.25) is 0 Å². The number of benzene rings is 1. The molecule has 3 heteroatoms. The third-order valence-electron chi connectivity index (χ3n) is 4.05. The van der Waals surface area contributed by atoms with Crippen molar-refractivity contribution in [3.63, 3.8) is 0 Å². The van der Waals surface area contributed by atoms with E-state index in [2.05, 4.69) is 35.4 Å². The first-order valence-corrected chi connectivity index (χ1v) is 7.74. The molecule has 0 spiro atoms. The van der Waals surface area contributed by atoms with E-state index in [1.54, 1.807) is 6.20 Å². The number of nitrogens with one attached hydrogen (secondary N) is 1. The largest absolute Gasteiger partial charge is 0.476 e. The Morgan fingerprint density at radius 3 is 2.95 bits per heavy atom. The minimum absolute atomic E-state index is 0.235. The molecule has 1 aliphatic rings. The molecule has 1 N–H and O–H groups in total. The summed E-state index contributed by atoms with van der Waals surface area (Å²) in [5.41, 5.74) is 5.30. The number of aryl methyl sites for hydroxylation is 2. The molecular weight excluding hydrogens is 260 g/mol. The van der Waals surface area contributed by atoms with Gasteiger partial charge in [0.05, 0.1) is 12.3 Å². The number of anilines is 1. The van der Waals surface area contributed by atoms with Crippen molar-refractivity contribution in [2.75, 3.05) is 11.9 Å². The molecule has 1 heterocycles. The fourth-order valence-electron chi connectivity index (χ4n) is 2.93. The number of hydrogen-bond donors (Lipinski definition) is 1. The van der Waals surface area contributed by atoms with Crippen LogP contribution in [-0.4, -0.2) is 11.6 Å². The standard InChI is InChI=1S/C18H22N2O/c1-3-21-18-17(8-5-11-19-18)20-13(2)15-10-9-14-6-4-7-16(14)12-15/h5,8-13,20H,3-4,6-7H2,1-2H3. The van der Waals surface area contributed by atoms with Crippen LogP contribution < -0.4 is 10.1 Å². The Morgan fingerprint density at radius 1 is 1.24 bits per heavy atom. The number of rotatable bonds is 5. The molecule has 1 unspecified atom stereocenters. The van der Waals surface area contributed by atoms with Crippen molar-refractivity contribution in [2.45, 2.75) is 39.2 Å². The molecule has 0 saturated carbocycles. The van der Waals surface area contributed by atoms with Crippen molar-refractivity contribution in [3.05, 3.63) is 53.2 Å². The Kier molecular flexibility index (Phi) is 4.09. The van der Waals surface area contributed by atoms with Gasteiger partial charge < -0.3 is 10.1 Å². The molecule has 3 nitrogen and oxygen atoms in total. The summed E-state index contributed by atoms with van der Waals surface area (Å²) < 4.78 is 5.57. The van der Waals surface area contributed by atoms with Crippen LogP contribution in [-0.2, 0) is 12.8 Å². The highest BCUT2D eigenvalue weighted by molar-refractivity contribution is 5.54. The van der Waals surface area contributed by atoms with Gasteiger partial charge in [0.1, 0.15) is 0 Å². The van der Waals surface area contributed by atoms with E-state index in [1.807, 2.05) is 19.1 Å². The summed E-state index contributed by atoms with van der Waals surface area (Å²) in [5, 5.41) is 3.52. The van der Waals surface area contributed by atoms with Crippen LogP contribution in [0.4, 0.5) is 5.69 Å². The average Bonchev–Trinajstić information content (AvgIpc) is 2.97. The molecule has 1 aromatic carbocycles. The van der Waals surface area contributed by atoms with E-state index in [0.29, 0.717) is 12.5 Å². The summed E-state index contributed by atoms with van der Waals surface area (Å²) in [5.74, 6) is 0.674. The van der Waals surface area contributed by atoms with Crippen molar-refractivity contribution in [2.24, 2.45) is 0 Å². The second kappa shape index (κ2) is 6.17. The minimum atomic E-state index is 0.235. The van der Waals surface area contributed by atoms with Gasteiger partial charge in [0, 0.05) is 12.2 Å². The van der Waals surface area contributed by atoms with E-state index in [0.717, 1.165) is 5.69 Å². The maximum Gasteiger partial charge on any atom is 0.237 e. The Morgan fingerprint density at radius 2 is 2.10 bits per heavy atom. The molecule has 1 atom stereocenters. The third kappa shape index (κ3) is 3.02. The number of hydrogen-bond acceptors (Lipinski definition) is 3. The van der Waals surface area contributed by atoms with Gasteiger partial charge in [-0.1, -0.05) is 18.2 Å². The number of pyridine rings is 1. The normalized spacial score (nSPS) is 14.6. The van der Waals surface area contributed by atoms with Gasteiger partial charge in [0.25, 0.3) is 0 Å². The van der Waals surface area contributed by atoms with E-state index in [1.165, 1.54) is 36.0 Å². The maximum atomic E-state index is 5.57. The van der Waals surface area contributed by atoms with Gasteiger partial charge in [0.2, 0.25) is 5.88 Å². The lowest BCUT2D eigenvalue weighted by molar-refractivity contribution is 0.328. The van der Waals surface area contributed by atoms with E-state index in [9.17, 15) is 0 Å². The second-order valence-corrected chi connectivity index (χ2v) is 5.54. The molecule has 0 bridgehead atoms. The van der Waals surface area contributed by atoms with Crippen LogP contribution >= 0.6 is 0 Å². The minimum Gasteiger partial charge on any atom is -0.476 e. The molecule has 21 heavy (non-hydrogen) atoms. The van der Waals surface area contributed by atoms with Crippen molar-refractivity contribution in [1.29, 1.82) is 0 Å². The molecular formula is C18H22N2O. The predicted octanol–water partition coefficient (Wildman–Crippen LogP) is 4.14. The summed E-state index contributed by atoms with van der Waals surface area (Å²) in [7, 11) is 0. The average molecular weight is 282 g/mol. The summed E-state index contributed by atoms with van der Waals surface area (Å²) in [6.45, 7) is 4.78. The molecule has 0 amide bonds. The zero-order valence-corrected chi connectivity index (χ0v) is 12.7. The van der Waals surface area contributed by atoms with Crippen LogP contribution in [0.25, 0.3) is 0 Å². The fraction of sp³-hybridized carbons (Fsp3) is 0.389. The molecule has 3 rings (SSSR count). The molecule has 0 aliphatic heterocycles. The lowest BCUT2D eigenvalue weighted by Crippen LogP contribution is -2.09.